The van der Waals surface area contributed by atoms with Crippen molar-refractivity contribution in [3.8, 4) is 0 Å². The van der Waals surface area contributed by atoms with Crippen LogP contribution in [0.3, 0.4) is 0 Å². The average Bonchev–Trinajstić information content (AvgIpc) is 2.88. The van der Waals surface area contributed by atoms with Crippen LogP contribution in [-0.4, -0.2) is 26.9 Å². The van der Waals surface area contributed by atoms with Crippen LogP contribution in [0.2, 0.25) is 0 Å². The van der Waals surface area contributed by atoms with Crippen LogP contribution in [0.1, 0.15) is 17.0 Å². The zero-order valence-corrected chi connectivity index (χ0v) is 10.6. The van der Waals surface area contributed by atoms with E-state index >= 15 is 0 Å². The van der Waals surface area contributed by atoms with Crippen molar-refractivity contribution in [2.24, 2.45) is 0 Å². The summed E-state index contributed by atoms with van der Waals surface area (Å²) in [6, 6.07) is 3.50. The Kier molecular flexibility index (Phi) is 3.00. The number of carbonyl (C=O) groups excluding carboxylic acids is 1. The Morgan fingerprint density at radius 3 is 3.21 bits per heavy atom. The summed E-state index contributed by atoms with van der Waals surface area (Å²) in [5, 5.41) is 6.04. The van der Waals surface area contributed by atoms with Gasteiger partial charge in [-0.15, -0.1) is 0 Å². The molecule has 0 saturated carbocycles. The smallest absolute Gasteiger partial charge is 0.243 e. The molecule has 2 aromatic heterocycles. The quantitative estimate of drug-likeness (QED) is 0.742. The molecule has 0 saturated heterocycles. The molecule has 3 heterocycles. The van der Waals surface area contributed by atoms with Crippen molar-refractivity contribution in [1.29, 1.82) is 0 Å². The van der Waals surface area contributed by atoms with Crippen molar-refractivity contribution in [2.75, 3.05) is 5.32 Å². The number of fused-ring (bicyclic) bond motifs is 1. The summed E-state index contributed by atoms with van der Waals surface area (Å²) in [5.74, 6) is 0.539. The molecule has 3 N–H and O–H groups in total. The van der Waals surface area contributed by atoms with Gasteiger partial charge in [0.05, 0.1) is 23.8 Å². The molecule has 6 heteroatoms. The summed E-state index contributed by atoms with van der Waals surface area (Å²) in [6.07, 6.45) is 3.93. The zero-order valence-electron chi connectivity index (χ0n) is 10.6. The van der Waals surface area contributed by atoms with E-state index < -0.39 is 0 Å². The Morgan fingerprint density at radius 2 is 2.37 bits per heavy atom. The summed E-state index contributed by atoms with van der Waals surface area (Å²) in [4.78, 5) is 23.6. The number of carbonyl (C=O) groups is 1. The molecule has 6 nitrogen and oxygen atoms in total. The molecule has 0 radical (unpaired) electrons. The predicted octanol–water partition coefficient (Wildman–Crippen LogP) is 0.766. The average molecular weight is 257 g/mol. The largest absolute Gasteiger partial charge is 0.347 e. The molecular weight excluding hydrogens is 242 g/mol. The molecular formula is C13H15N5O. The first-order valence-corrected chi connectivity index (χ1v) is 6.21. The van der Waals surface area contributed by atoms with Gasteiger partial charge in [0, 0.05) is 19.2 Å². The topological polar surface area (TPSA) is 82.7 Å². The van der Waals surface area contributed by atoms with E-state index in [1.165, 1.54) is 0 Å². The minimum atomic E-state index is -0.266. The highest BCUT2D eigenvalue weighted by molar-refractivity contribution is 5.94. The Balaban J connectivity index is 1.71. The number of aromatic nitrogens is 3. The molecule has 3 rings (SSSR count). The molecule has 0 fully saturated rings. The lowest BCUT2D eigenvalue weighted by Gasteiger charge is -2.22. The monoisotopic (exact) mass is 257 g/mol. The maximum Gasteiger partial charge on any atom is 0.243 e. The highest BCUT2D eigenvalue weighted by Gasteiger charge is 2.26. The number of anilines is 1. The number of rotatable bonds is 2. The molecule has 0 aromatic carbocycles. The van der Waals surface area contributed by atoms with E-state index in [1.807, 2.05) is 19.1 Å². The number of hydrogen-bond acceptors (Lipinski definition) is 4. The van der Waals surface area contributed by atoms with Gasteiger partial charge in [0.25, 0.3) is 0 Å². The van der Waals surface area contributed by atoms with Crippen molar-refractivity contribution in [3.05, 3.63) is 41.6 Å². The maximum atomic E-state index is 12.2. The predicted molar refractivity (Wildman–Crippen MR) is 70.5 cm³/mol. The third kappa shape index (κ3) is 2.34. The van der Waals surface area contributed by atoms with Crippen molar-refractivity contribution in [3.63, 3.8) is 0 Å². The third-order valence-corrected chi connectivity index (χ3v) is 3.30. The zero-order chi connectivity index (χ0) is 13.2. The Labute approximate surface area is 110 Å². The van der Waals surface area contributed by atoms with Crippen LogP contribution in [0.4, 0.5) is 5.82 Å². The Hall–Kier alpha value is -2.21. The van der Waals surface area contributed by atoms with Gasteiger partial charge < -0.3 is 10.3 Å². The Bertz CT molecular complexity index is 607. The fraction of sp³-hybridized carbons (Fsp3) is 0.308. The van der Waals surface area contributed by atoms with E-state index in [0.717, 1.165) is 17.0 Å². The van der Waals surface area contributed by atoms with Gasteiger partial charge >= 0.3 is 0 Å². The number of aromatic amines is 1. The number of nitrogens with one attached hydrogen (secondary N) is 3. The van der Waals surface area contributed by atoms with Crippen LogP contribution in [0, 0.1) is 6.92 Å². The van der Waals surface area contributed by atoms with E-state index in [4.69, 9.17) is 0 Å². The van der Waals surface area contributed by atoms with Crippen molar-refractivity contribution in [1.82, 2.24) is 20.3 Å². The van der Waals surface area contributed by atoms with Gasteiger partial charge in [0.15, 0.2) is 0 Å². The maximum absolute atomic E-state index is 12.2. The normalized spacial score (nSPS) is 17.8. The van der Waals surface area contributed by atoms with Gasteiger partial charge in [-0.05, 0) is 18.6 Å². The van der Waals surface area contributed by atoms with E-state index in [9.17, 15) is 4.79 Å². The van der Waals surface area contributed by atoms with Crippen LogP contribution < -0.4 is 10.6 Å². The minimum absolute atomic E-state index is 0.0737. The Morgan fingerprint density at radius 1 is 1.47 bits per heavy atom. The molecule has 1 aliphatic rings. The molecule has 2 aromatic rings. The number of nitrogens with zero attached hydrogens (tertiary/aromatic N) is 2. The second kappa shape index (κ2) is 4.81. The van der Waals surface area contributed by atoms with Gasteiger partial charge in [-0.2, -0.15) is 0 Å². The lowest BCUT2D eigenvalue weighted by atomic mass is 10.0. The van der Waals surface area contributed by atoms with Crippen molar-refractivity contribution in [2.45, 2.75) is 25.9 Å². The standard InChI is InChI=1S/C13H15N5O/c1-8-3-2-4-14-12(8)18-13(19)10-5-9-11(6-15-10)17-7-16-9/h2-4,7,10,15H,5-6H2,1H3,(H,16,17)(H,14,18,19). The summed E-state index contributed by atoms with van der Waals surface area (Å²) in [6.45, 7) is 2.55. The molecule has 1 atom stereocenters. The van der Waals surface area contributed by atoms with Gasteiger partial charge in [-0.25, -0.2) is 9.97 Å². The van der Waals surface area contributed by atoms with Crippen LogP contribution in [0.15, 0.2) is 24.7 Å². The highest BCUT2D eigenvalue weighted by Crippen LogP contribution is 2.14. The molecule has 0 aliphatic carbocycles. The molecule has 1 aliphatic heterocycles. The summed E-state index contributed by atoms with van der Waals surface area (Å²) in [7, 11) is 0. The molecule has 98 valence electrons. The summed E-state index contributed by atoms with van der Waals surface area (Å²) >= 11 is 0. The summed E-state index contributed by atoms with van der Waals surface area (Å²) < 4.78 is 0. The summed E-state index contributed by atoms with van der Waals surface area (Å²) in [5.41, 5.74) is 2.96. The first-order chi connectivity index (χ1) is 9.24. The van der Waals surface area contributed by atoms with Gasteiger partial charge in [-0.3, -0.25) is 10.1 Å². The second-order valence-electron chi connectivity index (χ2n) is 4.62. The van der Waals surface area contributed by atoms with Crippen LogP contribution >= 0.6 is 0 Å². The molecule has 0 bridgehead atoms. The van der Waals surface area contributed by atoms with Crippen LogP contribution in [0.25, 0.3) is 0 Å². The van der Waals surface area contributed by atoms with Crippen molar-refractivity contribution < 1.29 is 4.79 Å². The van der Waals surface area contributed by atoms with E-state index in [1.54, 1.807) is 12.5 Å². The number of aryl methyl sites for hydroxylation is 1. The number of hydrogen-bond donors (Lipinski definition) is 3. The highest BCUT2D eigenvalue weighted by atomic mass is 16.2. The number of amides is 1. The first kappa shape index (κ1) is 11.9. The van der Waals surface area contributed by atoms with Crippen molar-refractivity contribution >= 4 is 11.7 Å². The first-order valence-electron chi connectivity index (χ1n) is 6.21. The molecule has 0 spiro atoms. The number of imidazole rings is 1. The third-order valence-electron chi connectivity index (χ3n) is 3.30. The second-order valence-corrected chi connectivity index (χ2v) is 4.62. The molecule has 1 unspecified atom stereocenters. The van der Waals surface area contributed by atoms with E-state index in [2.05, 4.69) is 25.6 Å². The van der Waals surface area contributed by atoms with Crippen LogP contribution in [0.5, 0.6) is 0 Å². The SMILES string of the molecule is Cc1cccnc1NC(=O)C1Cc2nc[nH]c2CN1. The number of pyridine rings is 1. The van der Waals surface area contributed by atoms with E-state index in [-0.39, 0.29) is 11.9 Å². The minimum Gasteiger partial charge on any atom is -0.347 e. The van der Waals surface area contributed by atoms with Gasteiger partial charge in [-0.1, -0.05) is 6.07 Å². The fourth-order valence-corrected chi connectivity index (χ4v) is 2.17. The van der Waals surface area contributed by atoms with Gasteiger partial charge in [0.2, 0.25) is 5.91 Å². The molecule has 1 amide bonds. The fourth-order valence-electron chi connectivity index (χ4n) is 2.17. The lowest BCUT2D eigenvalue weighted by Crippen LogP contribution is -2.45. The number of H-pyrrole nitrogens is 1. The van der Waals surface area contributed by atoms with Gasteiger partial charge in [0.1, 0.15) is 5.82 Å². The van der Waals surface area contributed by atoms with E-state index in [0.29, 0.717) is 18.8 Å². The molecule has 19 heavy (non-hydrogen) atoms. The lowest BCUT2D eigenvalue weighted by molar-refractivity contribution is -0.118. The van der Waals surface area contributed by atoms with Crippen LogP contribution in [-0.2, 0) is 17.8 Å².